The summed E-state index contributed by atoms with van der Waals surface area (Å²) >= 11 is 0. The van der Waals surface area contributed by atoms with E-state index in [1.807, 2.05) is 29.2 Å². The maximum absolute atomic E-state index is 12.1. The normalized spacial score (nSPS) is 18.4. The lowest BCUT2D eigenvalue weighted by Gasteiger charge is -2.23. The van der Waals surface area contributed by atoms with Gasteiger partial charge in [0.05, 0.1) is 6.61 Å². The van der Waals surface area contributed by atoms with Crippen molar-refractivity contribution < 1.29 is 9.53 Å². The number of hydrogen-bond acceptors (Lipinski definition) is 3. The third-order valence-corrected chi connectivity index (χ3v) is 4.13. The molecule has 2 rings (SSSR count). The van der Waals surface area contributed by atoms with Gasteiger partial charge >= 0.3 is 0 Å². The summed E-state index contributed by atoms with van der Waals surface area (Å²) in [5, 5.41) is 0. The van der Waals surface area contributed by atoms with E-state index in [4.69, 9.17) is 10.5 Å². The molecule has 0 aliphatic carbocycles. The Balaban J connectivity index is 1.74. The van der Waals surface area contributed by atoms with E-state index in [9.17, 15) is 4.79 Å². The van der Waals surface area contributed by atoms with Crippen molar-refractivity contribution in [3.63, 3.8) is 0 Å². The largest absolute Gasteiger partial charge is 0.493 e. The average molecular weight is 290 g/mol. The molecule has 1 fully saturated rings. The van der Waals surface area contributed by atoms with Crippen LogP contribution in [-0.2, 0) is 4.79 Å². The topological polar surface area (TPSA) is 55.6 Å². The van der Waals surface area contributed by atoms with Crippen LogP contribution in [-0.4, -0.2) is 30.5 Å². The molecule has 1 saturated heterocycles. The maximum atomic E-state index is 12.1. The predicted molar refractivity (Wildman–Crippen MR) is 85.2 cm³/mol. The van der Waals surface area contributed by atoms with Crippen molar-refractivity contribution in [1.82, 2.24) is 4.90 Å². The molecule has 0 unspecified atom stereocenters. The SMILES string of the molecule is CC1(C)CCC(=O)N(CCCOc2cccc(N)c2)CC1. The van der Waals surface area contributed by atoms with E-state index in [1.54, 1.807) is 0 Å². The molecular weight excluding hydrogens is 264 g/mol. The van der Waals surface area contributed by atoms with Gasteiger partial charge in [-0.1, -0.05) is 19.9 Å². The van der Waals surface area contributed by atoms with E-state index >= 15 is 0 Å². The van der Waals surface area contributed by atoms with E-state index in [0.29, 0.717) is 18.7 Å². The highest BCUT2D eigenvalue weighted by Gasteiger charge is 2.26. The second-order valence-corrected chi connectivity index (χ2v) is 6.57. The summed E-state index contributed by atoms with van der Waals surface area (Å²) < 4.78 is 5.67. The second-order valence-electron chi connectivity index (χ2n) is 6.57. The summed E-state index contributed by atoms with van der Waals surface area (Å²) in [6, 6.07) is 7.44. The fraction of sp³-hybridized carbons (Fsp3) is 0.588. The molecule has 1 amide bonds. The van der Waals surface area contributed by atoms with Gasteiger partial charge in [0.2, 0.25) is 5.91 Å². The molecule has 21 heavy (non-hydrogen) atoms. The third-order valence-electron chi connectivity index (χ3n) is 4.13. The van der Waals surface area contributed by atoms with Crippen LogP contribution in [0, 0.1) is 5.41 Å². The van der Waals surface area contributed by atoms with Gasteiger partial charge in [-0.25, -0.2) is 0 Å². The summed E-state index contributed by atoms with van der Waals surface area (Å²) in [6.07, 6.45) is 3.58. The molecule has 1 aliphatic heterocycles. The minimum Gasteiger partial charge on any atom is -0.493 e. The van der Waals surface area contributed by atoms with Crippen molar-refractivity contribution in [2.75, 3.05) is 25.4 Å². The number of hydrogen-bond donors (Lipinski definition) is 1. The number of carbonyl (C=O) groups excluding carboxylic acids is 1. The van der Waals surface area contributed by atoms with Crippen LogP contribution in [0.3, 0.4) is 0 Å². The summed E-state index contributed by atoms with van der Waals surface area (Å²) in [7, 11) is 0. The number of benzene rings is 1. The van der Waals surface area contributed by atoms with Gasteiger partial charge in [-0.3, -0.25) is 4.79 Å². The van der Waals surface area contributed by atoms with Crippen molar-refractivity contribution in [2.24, 2.45) is 5.41 Å². The maximum Gasteiger partial charge on any atom is 0.222 e. The first-order chi connectivity index (χ1) is 9.96. The molecule has 0 radical (unpaired) electrons. The zero-order chi connectivity index (χ0) is 15.3. The minimum atomic E-state index is 0.280. The van der Waals surface area contributed by atoms with Crippen LogP contribution < -0.4 is 10.5 Å². The Morgan fingerprint density at radius 3 is 2.90 bits per heavy atom. The molecule has 0 atom stereocenters. The van der Waals surface area contributed by atoms with Crippen LogP contribution in [0.1, 0.15) is 39.5 Å². The van der Waals surface area contributed by atoms with Crippen molar-refractivity contribution in [3.05, 3.63) is 24.3 Å². The standard InChI is InChI=1S/C17H26N2O2/c1-17(2)8-7-16(20)19(11-9-17)10-4-12-21-15-6-3-5-14(18)13-15/h3,5-6,13H,4,7-12,18H2,1-2H3. The summed E-state index contributed by atoms with van der Waals surface area (Å²) in [4.78, 5) is 14.1. The van der Waals surface area contributed by atoms with E-state index in [1.165, 1.54) is 0 Å². The van der Waals surface area contributed by atoms with Crippen LogP contribution in [0.5, 0.6) is 5.75 Å². The van der Waals surface area contributed by atoms with Crippen molar-refractivity contribution in [2.45, 2.75) is 39.5 Å². The average Bonchev–Trinajstić information content (AvgIpc) is 2.56. The Bertz CT molecular complexity index is 485. The number of anilines is 1. The highest BCUT2D eigenvalue weighted by molar-refractivity contribution is 5.76. The lowest BCUT2D eigenvalue weighted by molar-refractivity contribution is -0.130. The van der Waals surface area contributed by atoms with Gasteiger partial charge < -0.3 is 15.4 Å². The molecule has 0 aromatic heterocycles. The fourth-order valence-corrected chi connectivity index (χ4v) is 2.58. The van der Waals surface area contributed by atoms with Gasteiger partial charge in [-0.2, -0.15) is 0 Å². The Labute approximate surface area is 127 Å². The van der Waals surface area contributed by atoms with Crippen molar-refractivity contribution in [3.8, 4) is 5.75 Å². The smallest absolute Gasteiger partial charge is 0.222 e. The summed E-state index contributed by atoms with van der Waals surface area (Å²) in [6.45, 7) is 6.73. The zero-order valence-electron chi connectivity index (χ0n) is 13.1. The van der Waals surface area contributed by atoms with Crippen LogP contribution >= 0.6 is 0 Å². The zero-order valence-corrected chi connectivity index (χ0v) is 13.1. The number of rotatable bonds is 5. The van der Waals surface area contributed by atoms with Crippen LogP contribution in [0.15, 0.2) is 24.3 Å². The lowest BCUT2D eigenvalue weighted by atomic mass is 9.85. The first-order valence-corrected chi connectivity index (χ1v) is 7.72. The first kappa shape index (κ1) is 15.7. The highest BCUT2D eigenvalue weighted by Crippen LogP contribution is 2.30. The van der Waals surface area contributed by atoms with Crippen LogP contribution in [0.4, 0.5) is 5.69 Å². The van der Waals surface area contributed by atoms with Gasteiger partial charge in [0, 0.05) is 31.3 Å². The number of likely N-dealkylation sites (tertiary alicyclic amines) is 1. The quantitative estimate of drug-likeness (QED) is 0.670. The number of ether oxygens (including phenoxy) is 1. The molecule has 116 valence electrons. The number of nitrogens with zero attached hydrogens (tertiary/aromatic N) is 1. The first-order valence-electron chi connectivity index (χ1n) is 7.72. The van der Waals surface area contributed by atoms with Gasteiger partial charge in [-0.15, -0.1) is 0 Å². The van der Waals surface area contributed by atoms with Crippen LogP contribution in [0.2, 0.25) is 0 Å². The number of amides is 1. The molecule has 0 bridgehead atoms. The van der Waals surface area contributed by atoms with Gasteiger partial charge in [0.25, 0.3) is 0 Å². The van der Waals surface area contributed by atoms with E-state index in [0.717, 1.165) is 38.1 Å². The third kappa shape index (κ3) is 4.96. The number of carbonyl (C=O) groups is 1. The second kappa shape index (κ2) is 6.83. The van der Waals surface area contributed by atoms with Crippen molar-refractivity contribution >= 4 is 11.6 Å². The Morgan fingerprint density at radius 1 is 1.33 bits per heavy atom. The Morgan fingerprint density at radius 2 is 2.14 bits per heavy atom. The van der Waals surface area contributed by atoms with E-state index < -0.39 is 0 Å². The molecule has 1 aliphatic rings. The van der Waals surface area contributed by atoms with Gasteiger partial charge in [0.15, 0.2) is 0 Å². The van der Waals surface area contributed by atoms with Gasteiger partial charge in [0.1, 0.15) is 5.75 Å². The highest BCUT2D eigenvalue weighted by atomic mass is 16.5. The fourth-order valence-electron chi connectivity index (χ4n) is 2.58. The Kier molecular flexibility index (Phi) is 5.10. The molecule has 1 heterocycles. The molecule has 4 nitrogen and oxygen atoms in total. The molecule has 0 saturated carbocycles. The predicted octanol–water partition coefficient (Wildman–Crippen LogP) is 3.08. The molecule has 1 aromatic rings. The molecule has 1 aromatic carbocycles. The molecule has 2 N–H and O–H groups in total. The lowest BCUT2D eigenvalue weighted by Crippen LogP contribution is -2.32. The Hall–Kier alpha value is -1.71. The monoisotopic (exact) mass is 290 g/mol. The van der Waals surface area contributed by atoms with E-state index in [2.05, 4.69) is 13.8 Å². The number of nitrogen functional groups attached to an aromatic ring is 1. The van der Waals surface area contributed by atoms with Crippen LogP contribution in [0.25, 0.3) is 0 Å². The molecule has 4 heteroatoms. The summed E-state index contributed by atoms with van der Waals surface area (Å²) in [5.41, 5.74) is 6.69. The van der Waals surface area contributed by atoms with E-state index in [-0.39, 0.29) is 11.3 Å². The van der Waals surface area contributed by atoms with Crippen molar-refractivity contribution in [1.29, 1.82) is 0 Å². The van der Waals surface area contributed by atoms with Gasteiger partial charge in [-0.05, 0) is 36.8 Å². The summed E-state index contributed by atoms with van der Waals surface area (Å²) in [5.74, 6) is 1.07. The molecule has 0 spiro atoms. The molecular formula is C17H26N2O2. The number of nitrogens with two attached hydrogens (primary N) is 1. The minimum absolute atomic E-state index is 0.280.